The van der Waals surface area contributed by atoms with Gasteiger partial charge in [-0.05, 0) is 29.3 Å². The van der Waals surface area contributed by atoms with E-state index in [2.05, 4.69) is 21.7 Å². The maximum Gasteiger partial charge on any atom is 0.191 e. The number of rotatable bonds is 5. The SMILES string of the molecule is CN=C(NCc1ccc(OC)cc1)NCC1Cc2ccccc2O1.I. The van der Waals surface area contributed by atoms with Crippen LogP contribution in [0.15, 0.2) is 53.5 Å². The minimum atomic E-state index is 0. The molecular weight excluding hydrogens is 429 g/mol. The second kappa shape index (κ2) is 9.50. The zero-order chi connectivity index (χ0) is 16.8. The van der Waals surface area contributed by atoms with Crippen molar-refractivity contribution in [2.24, 2.45) is 4.99 Å². The van der Waals surface area contributed by atoms with Crippen molar-refractivity contribution in [3.8, 4) is 11.5 Å². The van der Waals surface area contributed by atoms with Gasteiger partial charge < -0.3 is 20.1 Å². The van der Waals surface area contributed by atoms with Crippen molar-refractivity contribution in [2.45, 2.75) is 19.1 Å². The monoisotopic (exact) mass is 453 g/mol. The lowest BCUT2D eigenvalue weighted by molar-refractivity contribution is 0.235. The molecule has 134 valence electrons. The molecule has 6 heteroatoms. The van der Waals surface area contributed by atoms with E-state index < -0.39 is 0 Å². The third kappa shape index (κ3) is 5.26. The number of nitrogens with one attached hydrogen (secondary N) is 2. The van der Waals surface area contributed by atoms with Gasteiger partial charge in [0, 0.05) is 20.0 Å². The predicted molar refractivity (Wildman–Crippen MR) is 111 cm³/mol. The van der Waals surface area contributed by atoms with Gasteiger partial charge in [-0.1, -0.05) is 30.3 Å². The average Bonchev–Trinajstić information content (AvgIpc) is 3.05. The molecule has 3 rings (SSSR count). The molecule has 0 bridgehead atoms. The van der Waals surface area contributed by atoms with Gasteiger partial charge in [-0.15, -0.1) is 24.0 Å². The van der Waals surface area contributed by atoms with Crippen LogP contribution in [0.5, 0.6) is 11.5 Å². The molecule has 0 fully saturated rings. The van der Waals surface area contributed by atoms with Crippen LogP contribution in [-0.2, 0) is 13.0 Å². The molecule has 2 aromatic rings. The summed E-state index contributed by atoms with van der Waals surface area (Å²) in [6, 6.07) is 16.2. The fourth-order valence-electron chi connectivity index (χ4n) is 2.73. The Balaban J connectivity index is 0.00000225. The fraction of sp³-hybridized carbons (Fsp3) is 0.316. The molecule has 5 nitrogen and oxygen atoms in total. The number of fused-ring (bicyclic) bond motifs is 1. The number of ether oxygens (including phenoxy) is 2. The van der Waals surface area contributed by atoms with Crippen molar-refractivity contribution < 1.29 is 9.47 Å². The average molecular weight is 453 g/mol. The number of hydrogen-bond donors (Lipinski definition) is 2. The van der Waals surface area contributed by atoms with E-state index in [0.717, 1.165) is 30.4 Å². The third-order valence-electron chi connectivity index (χ3n) is 4.05. The van der Waals surface area contributed by atoms with Crippen LogP contribution in [0.2, 0.25) is 0 Å². The van der Waals surface area contributed by atoms with E-state index in [-0.39, 0.29) is 30.1 Å². The lowest BCUT2D eigenvalue weighted by Crippen LogP contribution is -2.41. The third-order valence-corrected chi connectivity index (χ3v) is 4.05. The zero-order valence-corrected chi connectivity index (χ0v) is 16.8. The smallest absolute Gasteiger partial charge is 0.191 e. The molecule has 1 aliphatic heterocycles. The zero-order valence-electron chi connectivity index (χ0n) is 14.5. The lowest BCUT2D eigenvalue weighted by Gasteiger charge is -2.15. The number of nitrogens with zero attached hydrogens (tertiary/aromatic N) is 1. The summed E-state index contributed by atoms with van der Waals surface area (Å²) in [6.07, 6.45) is 1.07. The van der Waals surface area contributed by atoms with Crippen LogP contribution in [0.3, 0.4) is 0 Å². The first-order valence-corrected chi connectivity index (χ1v) is 8.10. The molecule has 2 aromatic carbocycles. The Kier molecular flexibility index (Phi) is 7.36. The van der Waals surface area contributed by atoms with Crippen molar-refractivity contribution in [1.82, 2.24) is 10.6 Å². The van der Waals surface area contributed by atoms with Gasteiger partial charge in [-0.2, -0.15) is 0 Å². The van der Waals surface area contributed by atoms with Crippen LogP contribution >= 0.6 is 24.0 Å². The molecule has 0 aromatic heterocycles. The highest BCUT2D eigenvalue weighted by molar-refractivity contribution is 14.0. The summed E-state index contributed by atoms with van der Waals surface area (Å²) in [7, 11) is 3.44. The summed E-state index contributed by atoms with van der Waals surface area (Å²) in [5.74, 6) is 2.62. The maximum atomic E-state index is 5.93. The second-order valence-electron chi connectivity index (χ2n) is 5.71. The molecule has 0 spiro atoms. The molecular formula is C19H24IN3O2. The van der Waals surface area contributed by atoms with Crippen LogP contribution in [-0.4, -0.2) is 32.8 Å². The van der Waals surface area contributed by atoms with Crippen molar-refractivity contribution in [1.29, 1.82) is 0 Å². The maximum absolute atomic E-state index is 5.93. The highest BCUT2D eigenvalue weighted by Gasteiger charge is 2.22. The molecule has 0 saturated carbocycles. The Morgan fingerprint density at radius 2 is 1.92 bits per heavy atom. The first-order valence-electron chi connectivity index (χ1n) is 8.10. The second-order valence-corrected chi connectivity index (χ2v) is 5.71. The Bertz CT molecular complexity index is 679. The number of guanidine groups is 1. The molecule has 1 atom stereocenters. The highest BCUT2D eigenvalue weighted by Crippen LogP contribution is 2.27. The minimum Gasteiger partial charge on any atom is -0.497 e. The van der Waals surface area contributed by atoms with Crippen LogP contribution in [0.1, 0.15) is 11.1 Å². The van der Waals surface area contributed by atoms with E-state index in [1.807, 2.05) is 42.5 Å². The molecule has 1 aliphatic rings. The largest absolute Gasteiger partial charge is 0.497 e. The van der Waals surface area contributed by atoms with Crippen LogP contribution in [0.25, 0.3) is 0 Å². The molecule has 1 unspecified atom stereocenters. The van der Waals surface area contributed by atoms with E-state index in [0.29, 0.717) is 6.54 Å². The Morgan fingerprint density at radius 3 is 2.60 bits per heavy atom. The standard InChI is InChI=1S/C19H23N3O2.HI/c1-20-19(21-12-14-7-9-16(23-2)10-8-14)22-13-17-11-15-5-3-4-6-18(15)24-17;/h3-10,17H,11-13H2,1-2H3,(H2,20,21,22);1H. The first kappa shape index (κ1) is 19.4. The molecule has 0 radical (unpaired) electrons. The highest BCUT2D eigenvalue weighted by atomic mass is 127. The van der Waals surface area contributed by atoms with Crippen LogP contribution < -0.4 is 20.1 Å². The van der Waals surface area contributed by atoms with Crippen LogP contribution in [0, 0.1) is 0 Å². The van der Waals surface area contributed by atoms with Gasteiger partial charge >= 0.3 is 0 Å². The Labute approximate surface area is 165 Å². The Hall–Kier alpha value is -1.96. The Morgan fingerprint density at radius 1 is 1.16 bits per heavy atom. The summed E-state index contributed by atoms with van der Waals surface area (Å²) >= 11 is 0. The first-order chi connectivity index (χ1) is 11.8. The minimum absolute atomic E-state index is 0. The number of benzene rings is 2. The van der Waals surface area contributed by atoms with Gasteiger partial charge in [-0.25, -0.2) is 0 Å². The normalized spacial score (nSPS) is 15.6. The fourth-order valence-corrected chi connectivity index (χ4v) is 2.73. The van der Waals surface area contributed by atoms with Crippen molar-refractivity contribution in [3.05, 3.63) is 59.7 Å². The van der Waals surface area contributed by atoms with E-state index in [4.69, 9.17) is 9.47 Å². The van der Waals surface area contributed by atoms with Crippen molar-refractivity contribution >= 4 is 29.9 Å². The molecule has 1 heterocycles. The summed E-state index contributed by atoms with van der Waals surface area (Å²) in [6.45, 7) is 1.42. The topological polar surface area (TPSA) is 54.9 Å². The number of methoxy groups -OCH3 is 1. The lowest BCUT2D eigenvalue weighted by atomic mass is 10.1. The number of aliphatic imine (C=N–C) groups is 1. The predicted octanol–water partition coefficient (Wildman–Crippen LogP) is 2.98. The number of halogens is 1. The van der Waals surface area contributed by atoms with E-state index in [1.165, 1.54) is 11.1 Å². The molecule has 2 N–H and O–H groups in total. The number of hydrogen-bond acceptors (Lipinski definition) is 3. The summed E-state index contributed by atoms with van der Waals surface area (Å²) in [5.41, 5.74) is 2.44. The van der Waals surface area contributed by atoms with Gasteiger partial charge in [0.15, 0.2) is 5.96 Å². The van der Waals surface area contributed by atoms with Gasteiger partial charge in [0.2, 0.25) is 0 Å². The van der Waals surface area contributed by atoms with E-state index in [1.54, 1.807) is 14.2 Å². The number of para-hydroxylation sites is 1. The molecule has 0 amide bonds. The van der Waals surface area contributed by atoms with Gasteiger partial charge in [-0.3, -0.25) is 4.99 Å². The quantitative estimate of drug-likeness (QED) is 0.416. The summed E-state index contributed by atoms with van der Waals surface area (Å²) in [5, 5.41) is 6.64. The summed E-state index contributed by atoms with van der Waals surface area (Å²) < 4.78 is 11.1. The molecule has 0 aliphatic carbocycles. The summed E-state index contributed by atoms with van der Waals surface area (Å²) in [4.78, 5) is 4.26. The van der Waals surface area contributed by atoms with E-state index in [9.17, 15) is 0 Å². The van der Waals surface area contributed by atoms with E-state index >= 15 is 0 Å². The van der Waals surface area contributed by atoms with Crippen molar-refractivity contribution in [3.63, 3.8) is 0 Å². The van der Waals surface area contributed by atoms with Crippen molar-refractivity contribution in [2.75, 3.05) is 20.7 Å². The van der Waals surface area contributed by atoms with Gasteiger partial charge in [0.05, 0.1) is 13.7 Å². The molecule has 0 saturated heterocycles. The molecule has 25 heavy (non-hydrogen) atoms. The van der Waals surface area contributed by atoms with Gasteiger partial charge in [0.1, 0.15) is 17.6 Å². The van der Waals surface area contributed by atoms with Gasteiger partial charge in [0.25, 0.3) is 0 Å². The van der Waals surface area contributed by atoms with Crippen LogP contribution in [0.4, 0.5) is 0 Å².